The first-order valence-corrected chi connectivity index (χ1v) is 8.45. The summed E-state index contributed by atoms with van der Waals surface area (Å²) in [6.45, 7) is 16.5. The Labute approximate surface area is 137 Å². The number of hydrogen-bond acceptors (Lipinski definition) is 2. The van der Waals surface area contributed by atoms with Gasteiger partial charge in [-0.2, -0.15) is 0 Å². The van der Waals surface area contributed by atoms with Crippen LogP contribution in [0.2, 0.25) is 0 Å². The first kappa shape index (κ1) is 19.0. The molecule has 0 amide bonds. The summed E-state index contributed by atoms with van der Waals surface area (Å²) in [5.74, 6) is 0.983. The summed E-state index contributed by atoms with van der Waals surface area (Å²) in [4.78, 5) is 2.37. The molecule has 0 aliphatic heterocycles. The molecule has 126 valence electrons. The van der Waals surface area contributed by atoms with Crippen LogP contribution in [0.3, 0.4) is 0 Å². The van der Waals surface area contributed by atoms with Gasteiger partial charge in [-0.25, -0.2) is 0 Å². The van der Waals surface area contributed by atoms with Crippen molar-refractivity contribution in [2.24, 2.45) is 10.8 Å². The number of rotatable bonds is 7. The van der Waals surface area contributed by atoms with E-state index in [1.807, 2.05) is 0 Å². The number of benzene rings is 1. The van der Waals surface area contributed by atoms with Gasteiger partial charge in [-0.05, 0) is 48.4 Å². The van der Waals surface area contributed by atoms with Gasteiger partial charge in [-0.1, -0.05) is 53.7 Å². The van der Waals surface area contributed by atoms with Gasteiger partial charge in [0, 0.05) is 13.1 Å². The van der Waals surface area contributed by atoms with E-state index in [1.54, 1.807) is 0 Å². The molecule has 1 aromatic carbocycles. The second kappa shape index (κ2) is 8.01. The van der Waals surface area contributed by atoms with E-state index in [1.165, 1.54) is 12.0 Å². The van der Waals surface area contributed by atoms with Crippen LogP contribution in [0.5, 0.6) is 5.75 Å². The largest absolute Gasteiger partial charge is 0.494 e. The lowest BCUT2D eigenvalue weighted by molar-refractivity contribution is 0.220. The van der Waals surface area contributed by atoms with Gasteiger partial charge < -0.3 is 9.64 Å². The molecule has 2 heteroatoms. The maximum absolute atomic E-state index is 5.83. The molecule has 0 aliphatic carbocycles. The van der Waals surface area contributed by atoms with Crippen molar-refractivity contribution in [3.8, 4) is 5.75 Å². The number of nitrogens with zero attached hydrogens (tertiary/aromatic N) is 1. The third-order valence-electron chi connectivity index (χ3n) is 3.46. The molecule has 0 fully saturated rings. The highest BCUT2D eigenvalue weighted by atomic mass is 16.5. The highest BCUT2D eigenvalue weighted by molar-refractivity contribution is 5.27. The number of ether oxygens (including phenoxy) is 1. The van der Waals surface area contributed by atoms with Gasteiger partial charge in [0.1, 0.15) is 5.75 Å². The van der Waals surface area contributed by atoms with Gasteiger partial charge in [0.25, 0.3) is 0 Å². The molecule has 0 saturated carbocycles. The summed E-state index contributed by atoms with van der Waals surface area (Å²) in [7, 11) is 2.18. The first-order valence-electron chi connectivity index (χ1n) is 8.45. The fourth-order valence-corrected chi connectivity index (χ4v) is 2.66. The van der Waals surface area contributed by atoms with Crippen LogP contribution in [0.15, 0.2) is 24.3 Å². The molecule has 1 aromatic rings. The average molecular weight is 306 g/mol. The lowest BCUT2D eigenvalue weighted by atomic mass is 9.91. The maximum atomic E-state index is 5.83. The number of hydrogen-bond donors (Lipinski definition) is 0. The molecular formula is C20H35NO. The van der Waals surface area contributed by atoms with Crippen molar-refractivity contribution in [3.63, 3.8) is 0 Å². The van der Waals surface area contributed by atoms with Crippen molar-refractivity contribution in [1.82, 2.24) is 4.90 Å². The zero-order valence-electron chi connectivity index (χ0n) is 15.7. The van der Waals surface area contributed by atoms with Crippen LogP contribution >= 0.6 is 0 Å². The summed E-state index contributed by atoms with van der Waals surface area (Å²) in [5.41, 5.74) is 2.07. The summed E-state index contributed by atoms with van der Waals surface area (Å²) in [5, 5.41) is 0. The quantitative estimate of drug-likeness (QED) is 0.628. The van der Waals surface area contributed by atoms with E-state index in [0.29, 0.717) is 10.8 Å². The summed E-state index contributed by atoms with van der Waals surface area (Å²) < 4.78 is 5.83. The Morgan fingerprint density at radius 1 is 0.909 bits per heavy atom. The second-order valence-electron chi connectivity index (χ2n) is 8.89. The third kappa shape index (κ3) is 9.09. The van der Waals surface area contributed by atoms with Crippen molar-refractivity contribution < 1.29 is 4.74 Å². The molecule has 0 bridgehead atoms. The molecule has 0 aliphatic rings. The van der Waals surface area contributed by atoms with Crippen LogP contribution in [0.4, 0.5) is 0 Å². The topological polar surface area (TPSA) is 12.5 Å². The van der Waals surface area contributed by atoms with Crippen molar-refractivity contribution in [3.05, 3.63) is 29.8 Å². The Morgan fingerprint density at radius 3 is 2.00 bits per heavy atom. The first-order chi connectivity index (χ1) is 10.1. The van der Waals surface area contributed by atoms with Crippen LogP contribution in [0, 0.1) is 10.8 Å². The van der Waals surface area contributed by atoms with Crippen LogP contribution in [0.25, 0.3) is 0 Å². The molecule has 1 rings (SSSR count). The normalized spacial score (nSPS) is 12.7. The summed E-state index contributed by atoms with van der Waals surface area (Å²) in [6, 6.07) is 8.55. The van der Waals surface area contributed by atoms with Crippen molar-refractivity contribution in [1.29, 1.82) is 0 Å². The van der Waals surface area contributed by atoms with E-state index < -0.39 is 0 Å². The van der Waals surface area contributed by atoms with Gasteiger partial charge >= 0.3 is 0 Å². The summed E-state index contributed by atoms with van der Waals surface area (Å²) in [6.07, 6.45) is 2.31. The van der Waals surface area contributed by atoms with Crippen molar-refractivity contribution in [2.75, 3.05) is 20.2 Å². The Kier molecular flexibility index (Phi) is 6.93. The minimum Gasteiger partial charge on any atom is -0.494 e. The predicted molar refractivity (Wildman–Crippen MR) is 96.4 cm³/mol. The average Bonchev–Trinajstić information content (AvgIpc) is 2.33. The van der Waals surface area contributed by atoms with Crippen LogP contribution in [0.1, 0.15) is 59.9 Å². The minimum atomic E-state index is 0.338. The Balaban J connectivity index is 2.37. The highest BCUT2D eigenvalue weighted by Gasteiger charge is 2.13. The Bertz CT molecular complexity index is 423. The fourth-order valence-electron chi connectivity index (χ4n) is 2.66. The van der Waals surface area contributed by atoms with E-state index in [-0.39, 0.29) is 0 Å². The predicted octanol–water partition coefficient (Wildman–Crippen LogP) is 5.37. The SMILES string of the molecule is CN(Cc1ccc(OCCCC(C)(C)C)cc1)CC(C)(C)C. The zero-order valence-corrected chi connectivity index (χ0v) is 15.7. The van der Waals surface area contributed by atoms with E-state index in [0.717, 1.165) is 31.9 Å². The molecule has 2 nitrogen and oxygen atoms in total. The van der Waals surface area contributed by atoms with Gasteiger partial charge in [0.15, 0.2) is 0 Å². The van der Waals surface area contributed by atoms with E-state index in [2.05, 4.69) is 77.8 Å². The molecule has 22 heavy (non-hydrogen) atoms. The van der Waals surface area contributed by atoms with Gasteiger partial charge in [0.05, 0.1) is 6.61 Å². The molecular weight excluding hydrogens is 270 g/mol. The molecule has 0 unspecified atom stereocenters. The van der Waals surface area contributed by atoms with Crippen molar-refractivity contribution in [2.45, 2.75) is 60.9 Å². The second-order valence-corrected chi connectivity index (χ2v) is 8.89. The van der Waals surface area contributed by atoms with Gasteiger partial charge in [0.2, 0.25) is 0 Å². The smallest absolute Gasteiger partial charge is 0.119 e. The van der Waals surface area contributed by atoms with Crippen LogP contribution in [-0.2, 0) is 6.54 Å². The monoisotopic (exact) mass is 305 g/mol. The highest BCUT2D eigenvalue weighted by Crippen LogP contribution is 2.21. The van der Waals surface area contributed by atoms with E-state index in [4.69, 9.17) is 4.74 Å². The fraction of sp³-hybridized carbons (Fsp3) is 0.700. The standard InChI is InChI=1S/C20H35NO/c1-19(2,3)13-8-14-22-18-11-9-17(10-12-18)15-21(7)16-20(4,5)6/h9-12H,8,13-16H2,1-7H3. The van der Waals surface area contributed by atoms with Gasteiger partial charge in [-0.3, -0.25) is 0 Å². The van der Waals surface area contributed by atoms with Crippen molar-refractivity contribution >= 4 is 0 Å². The molecule has 0 radical (unpaired) electrons. The lowest BCUT2D eigenvalue weighted by Crippen LogP contribution is -2.28. The lowest BCUT2D eigenvalue weighted by Gasteiger charge is -2.26. The third-order valence-corrected chi connectivity index (χ3v) is 3.46. The van der Waals surface area contributed by atoms with E-state index in [9.17, 15) is 0 Å². The molecule has 0 atom stereocenters. The Morgan fingerprint density at radius 2 is 1.50 bits per heavy atom. The zero-order chi connectivity index (χ0) is 16.8. The van der Waals surface area contributed by atoms with E-state index >= 15 is 0 Å². The Hall–Kier alpha value is -1.02. The molecule has 0 spiro atoms. The molecule has 0 N–H and O–H groups in total. The summed E-state index contributed by atoms with van der Waals surface area (Å²) >= 11 is 0. The molecule has 0 saturated heterocycles. The minimum absolute atomic E-state index is 0.338. The molecule has 0 heterocycles. The maximum Gasteiger partial charge on any atom is 0.119 e. The molecule has 0 aromatic heterocycles. The van der Waals surface area contributed by atoms with Crippen LogP contribution in [-0.4, -0.2) is 25.1 Å². The van der Waals surface area contributed by atoms with Gasteiger partial charge in [-0.15, -0.1) is 0 Å². The van der Waals surface area contributed by atoms with Crippen LogP contribution < -0.4 is 4.74 Å².